The molecule has 8 amide bonds. The molecular formula is C58H76N10O8S2. The Balaban J connectivity index is 0.823. The SMILES string of the molecule is CNC(C)C(=O)N[C@H]1CCS[C@H]2CC(C)(C)[C@@H](C(=O)N[C@H]3c4ccccc4C[C@H]3C(=O)NCc3ccc(CNC(=O)[C@@H]4Cc5ccccc5[C@@H]4NC(=O)[C@H]4N5C(=O)[C@@H](NC(=O)C(C)NC)CCS[C@H]5CC4(C)C)cc3)N2C1=O. The second-order valence-electron chi connectivity index (χ2n) is 23.3. The van der Waals surface area contributed by atoms with Crippen LogP contribution in [-0.4, -0.2) is 130 Å². The van der Waals surface area contributed by atoms with Crippen LogP contribution >= 0.6 is 23.5 Å². The molecule has 20 heteroatoms. The molecule has 18 nitrogen and oxygen atoms in total. The minimum atomic E-state index is -0.822. The summed E-state index contributed by atoms with van der Waals surface area (Å²) < 4.78 is 0. The molecule has 8 N–H and O–H groups in total. The Kier molecular flexibility index (Phi) is 17.0. The van der Waals surface area contributed by atoms with E-state index in [0.29, 0.717) is 50.0 Å². The van der Waals surface area contributed by atoms with Crippen LogP contribution in [0.25, 0.3) is 0 Å². The molecule has 0 spiro atoms. The van der Waals surface area contributed by atoms with E-state index in [4.69, 9.17) is 0 Å². The van der Waals surface area contributed by atoms with Crippen LogP contribution in [0, 0.1) is 22.7 Å². The molecule has 0 bridgehead atoms. The van der Waals surface area contributed by atoms with Crippen molar-refractivity contribution in [1.29, 1.82) is 0 Å². The summed E-state index contributed by atoms with van der Waals surface area (Å²) in [7, 11) is 3.37. The predicted octanol–water partition coefficient (Wildman–Crippen LogP) is 3.34. The highest BCUT2D eigenvalue weighted by molar-refractivity contribution is 8.00. The average molecular weight is 1110 g/mol. The molecule has 0 saturated carbocycles. The number of hydrogen-bond donors (Lipinski definition) is 8. The molecule has 4 saturated heterocycles. The second kappa shape index (κ2) is 23.4. The monoisotopic (exact) mass is 1100 g/mol. The zero-order valence-corrected chi connectivity index (χ0v) is 47.5. The third-order valence-corrected chi connectivity index (χ3v) is 19.6. The van der Waals surface area contributed by atoms with Crippen LogP contribution in [-0.2, 0) is 64.3 Å². The zero-order chi connectivity index (χ0) is 55.8. The van der Waals surface area contributed by atoms with Gasteiger partial charge in [-0.25, -0.2) is 0 Å². The summed E-state index contributed by atoms with van der Waals surface area (Å²) in [6.45, 7) is 11.9. The quantitative estimate of drug-likeness (QED) is 0.103. The summed E-state index contributed by atoms with van der Waals surface area (Å²) in [5.41, 5.74) is 4.16. The Labute approximate surface area is 466 Å². The molecule has 4 heterocycles. The summed E-state index contributed by atoms with van der Waals surface area (Å²) in [6, 6.07) is 17.6. The van der Waals surface area contributed by atoms with Crippen LogP contribution in [0.15, 0.2) is 72.8 Å². The molecule has 4 aliphatic heterocycles. The van der Waals surface area contributed by atoms with Crippen LogP contribution < -0.4 is 42.5 Å². The van der Waals surface area contributed by atoms with Gasteiger partial charge in [0.1, 0.15) is 24.2 Å². The van der Waals surface area contributed by atoms with E-state index >= 15 is 0 Å². The van der Waals surface area contributed by atoms with Crippen molar-refractivity contribution >= 4 is 70.8 Å². The molecule has 2 unspecified atom stereocenters. The first-order valence-electron chi connectivity index (χ1n) is 27.4. The van der Waals surface area contributed by atoms with Crippen LogP contribution in [0.5, 0.6) is 0 Å². The lowest BCUT2D eigenvalue weighted by molar-refractivity contribution is -0.144. The first kappa shape index (κ1) is 56.7. The third-order valence-electron chi connectivity index (χ3n) is 17.1. The number of likely N-dealkylation sites (N-methyl/N-ethyl adjacent to an activating group) is 2. The molecule has 0 radical (unpaired) electrons. The van der Waals surface area contributed by atoms with Gasteiger partial charge < -0.3 is 52.3 Å². The van der Waals surface area contributed by atoms with Gasteiger partial charge in [-0.3, -0.25) is 38.4 Å². The second-order valence-corrected chi connectivity index (χ2v) is 25.9. The van der Waals surface area contributed by atoms with Crippen molar-refractivity contribution in [3.63, 3.8) is 0 Å². The van der Waals surface area contributed by atoms with E-state index in [1.807, 2.05) is 100 Å². The van der Waals surface area contributed by atoms with Crippen molar-refractivity contribution in [2.45, 2.75) is 152 Å². The van der Waals surface area contributed by atoms with Crippen LogP contribution in [0.3, 0.4) is 0 Å². The van der Waals surface area contributed by atoms with Gasteiger partial charge in [0.25, 0.3) is 0 Å². The van der Waals surface area contributed by atoms with E-state index in [2.05, 4.69) is 42.5 Å². The van der Waals surface area contributed by atoms with Gasteiger partial charge in [0.05, 0.1) is 46.8 Å². The van der Waals surface area contributed by atoms with E-state index in [1.54, 1.807) is 61.3 Å². The molecule has 4 fully saturated rings. The normalized spacial score (nSPS) is 28.4. The fraction of sp³-hybridized carbons (Fsp3) is 0.552. The lowest BCUT2D eigenvalue weighted by Gasteiger charge is -2.35. The van der Waals surface area contributed by atoms with Gasteiger partial charge in [0, 0.05) is 13.1 Å². The molecule has 3 aromatic carbocycles. The largest absolute Gasteiger partial charge is 0.352 e. The summed E-state index contributed by atoms with van der Waals surface area (Å²) in [6.07, 6.45) is 2.96. The fourth-order valence-electron chi connectivity index (χ4n) is 12.5. The van der Waals surface area contributed by atoms with Crippen LogP contribution in [0.4, 0.5) is 0 Å². The first-order chi connectivity index (χ1) is 37.2. The molecule has 6 aliphatic rings. The minimum Gasteiger partial charge on any atom is -0.352 e. The number of rotatable bonds is 16. The van der Waals surface area contributed by atoms with E-state index < -0.39 is 71.0 Å². The maximum absolute atomic E-state index is 14.7. The molecule has 418 valence electrons. The number of fused-ring (bicyclic) bond motifs is 4. The van der Waals surface area contributed by atoms with Crippen LogP contribution in [0.2, 0.25) is 0 Å². The summed E-state index contributed by atoms with van der Waals surface area (Å²) >= 11 is 3.26. The van der Waals surface area contributed by atoms with Gasteiger partial charge in [-0.05, 0) is 122 Å². The van der Waals surface area contributed by atoms with E-state index in [-0.39, 0.29) is 71.1 Å². The Morgan fingerprint density at radius 3 is 1.29 bits per heavy atom. The van der Waals surface area contributed by atoms with Gasteiger partial charge in [-0.1, -0.05) is 100 Å². The molecule has 12 atom stereocenters. The Morgan fingerprint density at radius 1 is 0.551 bits per heavy atom. The summed E-state index contributed by atoms with van der Waals surface area (Å²) in [5.74, 6) is -2.14. The average Bonchev–Trinajstić information content (AvgIpc) is 4.19. The number of amides is 8. The fourth-order valence-corrected chi connectivity index (χ4v) is 15.6. The summed E-state index contributed by atoms with van der Waals surface area (Å²) in [5, 5.41) is 23.9. The number of carbonyl (C=O) groups excluding carboxylic acids is 8. The Morgan fingerprint density at radius 2 is 0.923 bits per heavy atom. The molecule has 3 aromatic rings. The van der Waals surface area contributed by atoms with Crippen LogP contribution in [0.1, 0.15) is 113 Å². The highest BCUT2D eigenvalue weighted by Crippen LogP contribution is 2.49. The highest BCUT2D eigenvalue weighted by atomic mass is 32.2. The Bertz CT molecular complexity index is 2630. The zero-order valence-electron chi connectivity index (χ0n) is 45.9. The lowest BCUT2D eigenvalue weighted by Crippen LogP contribution is -2.58. The van der Waals surface area contributed by atoms with Crippen molar-refractivity contribution in [3.05, 3.63) is 106 Å². The number of benzene rings is 3. The standard InChI is InChI=1S/C58H76N10O8S2/c1-31(59-7)49(69)63-41-21-23-77-43-27-57(3,4)47(67(43)55(41)75)53(73)65-45-37-15-11-9-13-35(37)25-39(45)51(71)61-29-33-17-19-34(20-18-33)30-62-52(72)40-26-36-14-10-12-16-38(36)46(40)66-54(74)48-58(5,6)28-44-68(48)56(76)42(22-24-78-44)64-50(70)32(2)60-8/h9-20,31-32,39-48,59-60H,21-30H2,1-8H3,(H,61,71)(H,62,72)(H,63,69)(H,64,70)(H,65,73)(H,66,74)/t31?,32?,39-,40-,41+,42+,43+,44+,45+,46+,47-,48-/m1/s1. The topological polar surface area (TPSA) is 239 Å². The molecule has 0 aromatic heterocycles. The van der Waals surface area contributed by atoms with E-state index in [9.17, 15) is 38.4 Å². The summed E-state index contributed by atoms with van der Waals surface area (Å²) in [4.78, 5) is 115. The molecule has 2 aliphatic carbocycles. The van der Waals surface area contributed by atoms with Crippen molar-refractivity contribution in [2.24, 2.45) is 22.7 Å². The number of nitrogens with one attached hydrogen (secondary N) is 8. The lowest BCUT2D eigenvalue weighted by atomic mass is 9.83. The van der Waals surface area contributed by atoms with E-state index in [1.165, 1.54) is 0 Å². The van der Waals surface area contributed by atoms with E-state index in [0.717, 1.165) is 33.4 Å². The van der Waals surface area contributed by atoms with Crippen molar-refractivity contribution in [2.75, 3.05) is 25.6 Å². The maximum atomic E-state index is 14.7. The molecule has 78 heavy (non-hydrogen) atoms. The maximum Gasteiger partial charge on any atom is 0.246 e. The van der Waals surface area contributed by atoms with Gasteiger partial charge in [0.2, 0.25) is 47.3 Å². The number of hydrogen-bond acceptors (Lipinski definition) is 12. The predicted molar refractivity (Wildman–Crippen MR) is 300 cm³/mol. The van der Waals surface area contributed by atoms with Gasteiger partial charge in [-0.15, -0.1) is 23.5 Å². The first-order valence-corrected chi connectivity index (χ1v) is 29.5. The third kappa shape index (κ3) is 11.5. The smallest absolute Gasteiger partial charge is 0.246 e. The van der Waals surface area contributed by atoms with Crippen molar-refractivity contribution in [3.8, 4) is 0 Å². The van der Waals surface area contributed by atoms with Gasteiger partial charge in [-0.2, -0.15) is 0 Å². The number of thioether (sulfide) groups is 2. The highest BCUT2D eigenvalue weighted by Gasteiger charge is 2.57. The minimum absolute atomic E-state index is 0.223. The van der Waals surface area contributed by atoms with Gasteiger partial charge in [0.15, 0.2) is 0 Å². The molecular weight excluding hydrogens is 1030 g/mol. The Hall–Kier alpha value is -5.96. The number of nitrogens with zero attached hydrogens (tertiary/aromatic N) is 2. The molecule has 9 rings (SSSR count). The van der Waals surface area contributed by atoms with Crippen molar-refractivity contribution in [1.82, 2.24) is 52.3 Å². The van der Waals surface area contributed by atoms with Crippen molar-refractivity contribution < 1.29 is 38.4 Å². The van der Waals surface area contributed by atoms with Gasteiger partial charge >= 0.3 is 0 Å². The number of carbonyl (C=O) groups is 8.